The molecule has 0 fully saturated rings. The van der Waals surface area contributed by atoms with E-state index in [4.69, 9.17) is 0 Å². The Bertz CT molecular complexity index is 1140. The fourth-order valence-corrected chi connectivity index (χ4v) is 3.27. The molecule has 2 aromatic heterocycles. The standard InChI is InChI=1S/C22H24FN5O2/c1-12(2)19-18(27-21-15(7-8-29)20(24-4)25-11-26-21)10-16(22(30)28-19)14-5-6-17(23)13(3)9-14/h5-6,8-12H,7H2,1-4H3,(H,28,30)(H2,24,25,26,27). The largest absolute Gasteiger partial charge is 0.373 e. The van der Waals surface area contributed by atoms with Crippen LogP contribution in [0.3, 0.4) is 0 Å². The minimum atomic E-state index is -0.327. The molecule has 2 heterocycles. The number of pyridine rings is 1. The summed E-state index contributed by atoms with van der Waals surface area (Å²) in [6.07, 6.45) is 2.31. The number of nitrogens with one attached hydrogen (secondary N) is 3. The first-order valence-corrected chi connectivity index (χ1v) is 9.61. The average molecular weight is 409 g/mol. The minimum absolute atomic E-state index is 0.0179. The summed E-state index contributed by atoms with van der Waals surface area (Å²) in [6.45, 7) is 5.58. The van der Waals surface area contributed by atoms with Crippen molar-refractivity contribution >= 4 is 23.6 Å². The summed E-state index contributed by atoms with van der Waals surface area (Å²) < 4.78 is 13.7. The van der Waals surface area contributed by atoms with E-state index in [0.29, 0.717) is 45.3 Å². The minimum Gasteiger partial charge on any atom is -0.373 e. The normalized spacial score (nSPS) is 10.9. The number of carbonyl (C=O) groups excluding carboxylic acids is 1. The van der Waals surface area contributed by atoms with Gasteiger partial charge >= 0.3 is 0 Å². The van der Waals surface area contributed by atoms with Gasteiger partial charge in [0.05, 0.1) is 5.69 Å². The molecule has 0 saturated heterocycles. The predicted molar refractivity (Wildman–Crippen MR) is 116 cm³/mol. The van der Waals surface area contributed by atoms with E-state index in [1.54, 1.807) is 32.2 Å². The molecule has 7 nitrogen and oxygen atoms in total. The topological polar surface area (TPSA) is 99.8 Å². The van der Waals surface area contributed by atoms with Gasteiger partial charge in [0.1, 0.15) is 30.1 Å². The number of aryl methyl sites for hydroxylation is 1. The monoisotopic (exact) mass is 409 g/mol. The second kappa shape index (κ2) is 8.86. The van der Waals surface area contributed by atoms with Crippen molar-refractivity contribution in [3.05, 3.63) is 63.6 Å². The Hall–Kier alpha value is -3.55. The van der Waals surface area contributed by atoms with Crippen LogP contribution in [0.1, 0.15) is 36.6 Å². The van der Waals surface area contributed by atoms with Gasteiger partial charge in [0.2, 0.25) is 0 Å². The number of halogens is 1. The Kier molecular flexibility index (Phi) is 6.25. The average Bonchev–Trinajstić information content (AvgIpc) is 2.72. The molecule has 0 bridgehead atoms. The van der Waals surface area contributed by atoms with Crippen molar-refractivity contribution in [1.82, 2.24) is 15.0 Å². The van der Waals surface area contributed by atoms with Crippen molar-refractivity contribution in [2.75, 3.05) is 17.7 Å². The van der Waals surface area contributed by atoms with Crippen molar-refractivity contribution in [1.29, 1.82) is 0 Å². The Labute approximate surface area is 173 Å². The Morgan fingerprint density at radius 2 is 1.93 bits per heavy atom. The van der Waals surface area contributed by atoms with Crippen LogP contribution in [0.2, 0.25) is 0 Å². The summed E-state index contributed by atoms with van der Waals surface area (Å²) in [4.78, 5) is 35.3. The first-order chi connectivity index (χ1) is 14.3. The van der Waals surface area contributed by atoms with Crippen LogP contribution < -0.4 is 16.2 Å². The van der Waals surface area contributed by atoms with E-state index in [1.165, 1.54) is 12.4 Å². The van der Waals surface area contributed by atoms with Gasteiger partial charge < -0.3 is 20.4 Å². The molecule has 0 amide bonds. The van der Waals surface area contributed by atoms with E-state index in [9.17, 15) is 14.0 Å². The van der Waals surface area contributed by atoms with Crippen LogP contribution in [0.4, 0.5) is 21.7 Å². The van der Waals surface area contributed by atoms with Gasteiger partial charge in [0, 0.05) is 30.3 Å². The summed E-state index contributed by atoms with van der Waals surface area (Å²) in [7, 11) is 1.72. The van der Waals surface area contributed by atoms with E-state index >= 15 is 0 Å². The molecule has 156 valence electrons. The lowest BCUT2D eigenvalue weighted by atomic mass is 10.0. The van der Waals surface area contributed by atoms with Crippen molar-refractivity contribution in [3.63, 3.8) is 0 Å². The quantitative estimate of drug-likeness (QED) is 0.511. The van der Waals surface area contributed by atoms with E-state index in [1.807, 2.05) is 13.8 Å². The van der Waals surface area contributed by atoms with Crippen LogP contribution in [0.15, 0.2) is 35.4 Å². The number of benzene rings is 1. The van der Waals surface area contributed by atoms with Crippen LogP contribution in [0.5, 0.6) is 0 Å². The zero-order valence-corrected chi connectivity index (χ0v) is 17.3. The molecule has 0 aliphatic heterocycles. The molecule has 3 aromatic rings. The summed E-state index contributed by atoms with van der Waals surface area (Å²) in [5, 5.41) is 6.21. The highest BCUT2D eigenvalue weighted by Gasteiger charge is 2.17. The molecule has 0 spiro atoms. The highest BCUT2D eigenvalue weighted by Crippen LogP contribution is 2.30. The number of hydrogen-bond donors (Lipinski definition) is 3. The lowest BCUT2D eigenvalue weighted by molar-refractivity contribution is -0.107. The number of carbonyl (C=O) groups is 1. The molecule has 30 heavy (non-hydrogen) atoms. The summed E-state index contributed by atoms with van der Waals surface area (Å²) >= 11 is 0. The lowest BCUT2D eigenvalue weighted by Gasteiger charge is -2.18. The lowest BCUT2D eigenvalue weighted by Crippen LogP contribution is -2.16. The molecule has 8 heteroatoms. The number of nitrogens with zero attached hydrogens (tertiary/aromatic N) is 2. The molecule has 0 atom stereocenters. The maximum atomic E-state index is 13.7. The van der Waals surface area contributed by atoms with E-state index in [0.717, 1.165) is 6.29 Å². The number of rotatable bonds is 7. The first kappa shape index (κ1) is 21.2. The Morgan fingerprint density at radius 1 is 1.20 bits per heavy atom. The zero-order chi connectivity index (χ0) is 21.8. The van der Waals surface area contributed by atoms with Crippen molar-refractivity contribution in [2.45, 2.75) is 33.1 Å². The van der Waals surface area contributed by atoms with Crippen LogP contribution in [-0.2, 0) is 11.2 Å². The number of hydrogen-bond acceptors (Lipinski definition) is 6. The number of aromatic nitrogens is 3. The van der Waals surface area contributed by atoms with Crippen LogP contribution in [0, 0.1) is 12.7 Å². The van der Waals surface area contributed by atoms with Gasteiger partial charge in [-0.1, -0.05) is 19.9 Å². The van der Waals surface area contributed by atoms with Crippen molar-refractivity contribution in [2.24, 2.45) is 0 Å². The zero-order valence-electron chi connectivity index (χ0n) is 17.3. The molecule has 0 saturated carbocycles. The Morgan fingerprint density at radius 3 is 2.57 bits per heavy atom. The fourth-order valence-electron chi connectivity index (χ4n) is 3.27. The van der Waals surface area contributed by atoms with Crippen LogP contribution >= 0.6 is 0 Å². The summed E-state index contributed by atoms with van der Waals surface area (Å²) in [5.74, 6) is 0.705. The van der Waals surface area contributed by atoms with E-state index < -0.39 is 0 Å². The number of H-pyrrole nitrogens is 1. The second-order valence-electron chi connectivity index (χ2n) is 7.25. The number of aromatic amines is 1. The van der Waals surface area contributed by atoms with E-state index in [-0.39, 0.29) is 23.7 Å². The number of aldehydes is 1. The van der Waals surface area contributed by atoms with Crippen molar-refractivity contribution in [3.8, 4) is 11.1 Å². The van der Waals surface area contributed by atoms with Gasteiger partial charge in [0.15, 0.2) is 0 Å². The fraction of sp³-hybridized carbons (Fsp3) is 0.273. The third-order valence-electron chi connectivity index (χ3n) is 4.84. The van der Waals surface area contributed by atoms with Gasteiger partial charge in [-0.05, 0) is 42.2 Å². The molecular formula is C22H24FN5O2. The highest BCUT2D eigenvalue weighted by molar-refractivity contribution is 5.75. The third-order valence-corrected chi connectivity index (χ3v) is 4.84. The third kappa shape index (κ3) is 4.22. The summed E-state index contributed by atoms with van der Waals surface area (Å²) in [6, 6.07) is 6.29. The predicted octanol–water partition coefficient (Wildman–Crippen LogP) is 3.93. The molecule has 0 unspecified atom stereocenters. The molecular weight excluding hydrogens is 385 g/mol. The van der Waals surface area contributed by atoms with Gasteiger partial charge in [-0.15, -0.1) is 0 Å². The maximum absolute atomic E-state index is 13.7. The smallest absolute Gasteiger partial charge is 0.256 e. The van der Waals surface area contributed by atoms with Gasteiger partial charge in [-0.2, -0.15) is 0 Å². The van der Waals surface area contributed by atoms with Crippen LogP contribution in [0.25, 0.3) is 11.1 Å². The van der Waals surface area contributed by atoms with Gasteiger partial charge in [-0.3, -0.25) is 4.79 Å². The van der Waals surface area contributed by atoms with Gasteiger partial charge in [-0.25, -0.2) is 14.4 Å². The van der Waals surface area contributed by atoms with Gasteiger partial charge in [0.25, 0.3) is 5.56 Å². The molecule has 0 aliphatic rings. The van der Waals surface area contributed by atoms with E-state index in [2.05, 4.69) is 25.6 Å². The molecule has 0 aliphatic carbocycles. The number of anilines is 3. The molecule has 1 aromatic carbocycles. The molecule has 3 N–H and O–H groups in total. The summed E-state index contributed by atoms with van der Waals surface area (Å²) in [5.41, 5.74) is 3.18. The van der Waals surface area contributed by atoms with Crippen LogP contribution in [-0.4, -0.2) is 28.3 Å². The molecule has 3 rings (SSSR count). The maximum Gasteiger partial charge on any atom is 0.256 e. The second-order valence-corrected chi connectivity index (χ2v) is 7.25. The SMILES string of the molecule is CNc1ncnc(Nc2cc(-c3ccc(F)c(C)c3)c(=O)[nH]c2C(C)C)c1CC=O. The molecule has 0 radical (unpaired) electrons. The highest BCUT2D eigenvalue weighted by atomic mass is 19.1. The first-order valence-electron chi connectivity index (χ1n) is 9.61. The van der Waals surface area contributed by atoms with Crippen molar-refractivity contribution < 1.29 is 9.18 Å². The Balaban J connectivity index is 2.16.